The predicted octanol–water partition coefficient (Wildman–Crippen LogP) is 3.92. The molecule has 7 nitrogen and oxygen atoms in total. The first-order chi connectivity index (χ1) is 13.0. The van der Waals surface area contributed by atoms with Crippen molar-refractivity contribution in [1.82, 2.24) is 0 Å². The van der Waals surface area contributed by atoms with Crippen molar-refractivity contribution in [3.05, 3.63) is 0 Å². The molecule has 0 bridgehead atoms. The van der Waals surface area contributed by atoms with Gasteiger partial charge in [0.15, 0.2) is 0 Å². The first-order valence-electron chi connectivity index (χ1n) is 10.1. The van der Waals surface area contributed by atoms with Crippen molar-refractivity contribution in [2.75, 3.05) is 52.0 Å². The van der Waals surface area contributed by atoms with Gasteiger partial charge in [0.05, 0.1) is 0 Å². The Morgan fingerprint density at radius 3 is 1.04 bits per heavy atom. The van der Waals surface area contributed by atoms with Gasteiger partial charge in [0.2, 0.25) is 0 Å². The summed E-state index contributed by atoms with van der Waals surface area (Å²) < 4.78 is 38.7. The second-order valence-corrected chi connectivity index (χ2v) is 10.4. The van der Waals surface area contributed by atoms with Gasteiger partial charge in [-0.05, 0) is 60.6 Å². The molecule has 0 aliphatic rings. The molecule has 0 rings (SSSR count). The van der Waals surface area contributed by atoms with Gasteiger partial charge in [-0.25, -0.2) is 0 Å². The first-order valence-corrected chi connectivity index (χ1v) is 14.3. The quantitative estimate of drug-likeness (QED) is 0.268. The lowest BCUT2D eigenvalue weighted by molar-refractivity contribution is -0.0247. The molecule has 0 aromatic rings. The number of hydrogen-bond donors (Lipinski definition) is 1. The van der Waals surface area contributed by atoms with Gasteiger partial charge in [-0.1, -0.05) is 0 Å². The maximum atomic E-state index is 5.67. The molecule has 0 heterocycles. The molecule has 0 amide bonds. The molecule has 27 heavy (non-hydrogen) atoms. The highest BCUT2D eigenvalue weighted by Gasteiger charge is 2.44. The van der Waals surface area contributed by atoms with E-state index in [0.29, 0.717) is 46.2 Å². The third-order valence-electron chi connectivity index (χ3n) is 3.02. The van der Waals surface area contributed by atoms with Crippen LogP contribution in [-0.4, -0.2) is 69.9 Å². The van der Waals surface area contributed by atoms with E-state index in [0.717, 1.165) is 18.2 Å². The second-order valence-electron chi connectivity index (χ2n) is 5.04. The predicted molar refractivity (Wildman–Crippen MR) is 116 cm³/mol. The van der Waals surface area contributed by atoms with Gasteiger partial charge >= 0.3 is 17.9 Å². The Labute approximate surface area is 174 Å². The van der Waals surface area contributed by atoms with Gasteiger partial charge in [0.1, 0.15) is 0 Å². The lowest BCUT2D eigenvalue weighted by atomic mass is 10.6. The summed E-state index contributed by atoms with van der Waals surface area (Å²) in [6, 6.07) is 0.867. The zero-order valence-electron chi connectivity index (χ0n) is 18.4. The molecule has 166 valence electrons. The Balaban J connectivity index is 0. The Morgan fingerprint density at radius 2 is 0.815 bits per heavy atom. The van der Waals surface area contributed by atoms with Gasteiger partial charge in [0, 0.05) is 52.3 Å². The van der Waals surface area contributed by atoms with E-state index in [-0.39, 0.29) is 0 Å². The molecule has 0 spiro atoms. The van der Waals surface area contributed by atoms with Crippen LogP contribution in [0.15, 0.2) is 0 Å². The lowest BCUT2D eigenvalue weighted by Gasteiger charge is -2.28. The van der Waals surface area contributed by atoms with E-state index in [4.69, 9.17) is 31.0 Å². The number of rotatable bonds is 17. The van der Waals surface area contributed by atoms with Gasteiger partial charge in [0.25, 0.3) is 0 Å². The van der Waals surface area contributed by atoms with Crippen LogP contribution >= 0.6 is 12.6 Å². The molecule has 0 atom stereocenters. The van der Waals surface area contributed by atoms with Gasteiger partial charge in [-0.15, -0.1) is 0 Å². The summed E-state index contributed by atoms with van der Waals surface area (Å²) in [5.74, 6) is 0.849. The third-order valence-corrected chi connectivity index (χ3v) is 9.05. The van der Waals surface area contributed by atoms with Crippen molar-refractivity contribution in [3.8, 4) is 0 Å². The fourth-order valence-electron chi connectivity index (χ4n) is 2.25. The zero-order chi connectivity index (χ0) is 21.0. The van der Waals surface area contributed by atoms with E-state index in [1.54, 1.807) is 0 Å². The van der Waals surface area contributed by atoms with E-state index < -0.39 is 17.9 Å². The molecule has 0 N–H and O–H groups in total. The average molecular weight is 447 g/mol. The minimum absolute atomic E-state index is 0.548. The summed E-state index contributed by atoms with van der Waals surface area (Å²) in [6.45, 7) is 17.7. The highest BCUT2D eigenvalue weighted by atomic mass is 32.1. The molecule has 0 fully saturated rings. The van der Waals surface area contributed by atoms with Crippen LogP contribution in [-0.2, 0) is 31.0 Å². The zero-order valence-corrected chi connectivity index (χ0v) is 21.3. The Kier molecular flexibility index (Phi) is 21.8. The van der Waals surface area contributed by atoms with Crippen LogP contribution < -0.4 is 0 Å². The highest BCUT2D eigenvalue weighted by Crippen LogP contribution is 2.18. The largest absolute Gasteiger partial charge is 0.679 e. The van der Waals surface area contributed by atoms with Crippen molar-refractivity contribution < 1.29 is 31.0 Å². The summed E-state index contributed by atoms with van der Waals surface area (Å²) in [5, 5.41) is 0. The van der Waals surface area contributed by atoms with Gasteiger partial charge in [-0.2, -0.15) is 12.6 Å². The Hall–Kier alpha value is 0.504. The van der Waals surface area contributed by atoms with Crippen LogP contribution in [0.5, 0.6) is 0 Å². The summed E-state index contributed by atoms with van der Waals surface area (Å²) in [6.07, 6.45) is 0.981. The van der Waals surface area contributed by atoms with Crippen LogP contribution in [0.25, 0.3) is 0 Å². The summed E-state index contributed by atoms with van der Waals surface area (Å²) in [7, 11) is -5.16. The van der Waals surface area contributed by atoms with Crippen LogP contribution in [0.1, 0.15) is 54.9 Å². The topological polar surface area (TPSA) is 64.6 Å². The minimum Gasteiger partial charge on any atom is -0.374 e. The smallest absolute Gasteiger partial charge is 0.374 e. The van der Waals surface area contributed by atoms with E-state index in [1.807, 2.05) is 48.5 Å². The lowest BCUT2D eigenvalue weighted by Crippen LogP contribution is -2.49. The van der Waals surface area contributed by atoms with Gasteiger partial charge < -0.3 is 31.0 Å². The monoisotopic (exact) mass is 446 g/mol. The van der Waals surface area contributed by atoms with Crippen LogP contribution in [0, 0.1) is 0 Å². The SMILES string of the molecule is CCO[Si](CCCS)(OCC)OCC.CCO[Si](OCC)(OCC)OCC. The molecule has 0 radical (unpaired) electrons. The molecule has 0 aliphatic carbocycles. The molecule has 0 aromatic heterocycles. The summed E-state index contributed by atoms with van der Waals surface area (Å²) in [4.78, 5) is 0. The fraction of sp³-hybridized carbons (Fsp3) is 1.00. The second kappa shape index (κ2) is 19.8. The molecular formula is C17H42O7SSi2. The van der Waals surface area contributed by atoms with Crippen LogP contribution in [0.4, 0.5) is 0 Å². The minimum atomic E-state index is -2.80. The molecule has 0 saturated carbocycles. The van der Waals surface area contributed by atoms with Crippen molar-refractivity contribution in [2.45, 2.75) is 60.9 Å². The first kappa shape index (κ1) is 29.7. The molecule has 0 saturated heterocycles. The Bertz CT molecular complexity index is 268. The van der Waals surface area contributed by atoms with Crippen molar-refractivity contribution >= 4 is 30.5 Å². The Morgan fingerprint density at radius 1 is 0.519 bits per heavy atom. The number of thiol groups is 1. The number of hydrogen-bond acceptors (Lipinski definition) is 8. The van der Waals surface area contributed by atoms with Crippen LogP contribution in [0.2, 0.25) is 6.04 Å². The third kappa shape index (κ3) is 14.2. The average Bonchev–Trinajstić information content (AvgIpc) is 2.62. The normalized spacial score (nSPS) is 12.0. The molecule has 0 aliphatic heterocycles. The standard InChI is InChI=1S/C9H22O3SSi.C8H20O4Si/c1-4-10-14(11-5-2,12-6-3)9-7-8-13;1-5-9-13(10-6-2,11-7-3)12-8-4/h13H,4-9H2,1-3H3;5-8H2,1-4H3. The maximum absolute atomic E-state index is 5.67. The van der Waals surface area contributed by atoms with Crippen molar-refractivity contribution in [2.24, 2.45) is 0 Å². The van der Waals surface area contributed by atoms with Crippen molar-refractivity contribution in [3.63, 3.8) is 0 Å². The van der Waals surface area contributed by atoms with E-state index in [2.05, 4.69) is 12.6 Å². The molecule has 0 aromatic carbocycles. The summed E-state index contributed by atoms with van der Waals surface area (Å²) in [5.41, 5.74) is 0. The van der Waals surface area contributed by atoms with E-state index >= 15 is 0 Å². The fourth-order valence-corrected chi connectivity index (χ4v) is 7.24. The molecule has 10 heteroatoms. The van der Waals surface area contributed by atoms with Crippen molar-refractivity contribution in [1.29, 1.82) is 0 Å². The molecule has 0 unspecified atom stereocenters. The van der Waals surface area contributed by atoms with E-state index in [9.17, 15) is 0 Å². The van der Waals surface area contributed by atoms with Crippen LogP contribution in [0.3, 0.4) is 0 Å². The van der Waals surface area contributed by atoms with E-state index in [1.165, 1.54) is 0 Å². The highest BCUT2D eigenvalue weighted by molar-refractivity contribution is 7.80. The maximum Gasteiger partial charge on any atom is 0.679 e. The van der Waals surface area contributed by atoms with Gasteiger partial charge in [-0.3, -0.25) is 0 Å². The summed E-state index contributed by atoms with van der Waals surface area (Å²) >= 11 is 4.19. The molecular weight excluding hydrogens is 404 g/mol.